The number of hydrogen-bond donors (Lipinski definition) is 0. The molecule has 0 spiro atoms. The van der Waals surface area contributed by atoms with Crippen LogP contribution in [0.15, 0.2) is 30.3 Å². The average Bonchev–Trinajstić information content (AvgIpc) is 2.05. The SMILES string of the molecule is O=C([O-])c1ccccc1.O=[N+]([O-])[O-]. The van der Waals surface area contributed by atoms with Gasteiger partial charge in [0.25, 0.3) is 0 Å². The molecular weight excluding hydrogens is 178 g/mol. The molecule has 0 heterocycles. The quantitative estimate of drug-likeness (QED) is 0.443. The Morgan fingerprint density at radius 1 is 1.15 bits per heavy atom. The second-order valence-corrected chi connectivity index (χ2v) is 1.88. The van der Waals surface area contributed by atoms with Gasteiger partial charge in [0, 0.05) is 0 Å². The lowest BCUT2D eigenvalue weighted by Crippen LogP contribution is -2.21. The van der Waals surface area contributed by atoms with Crippen LogP contribution < -0.4 is 5.11 Å². The summed E-state index contributed by atoms with van der Waals surface area (Å²) in [5, 5.41) is 24.8. The van der Waals surface area contributed by atoms with Crippen LogP contribution in [0.2, 0.25) is 0 Å². The summed E-state index contributed by atoms with van der Waals surface area (Å²) in [7, 11) is 0. The van der Waals surface area contributed by atoms with Gasteiger partial charge in [-0.05, 0) is 5.56 Å². The molecule has 6 nitrogen and oxygen atoms in total. The van der Waals surface area contributed by atoms with Crippen LogP contribution in [0.5, 0.6) is 0 Å². The zero-order valence-corrected chi connectivity index (χ0v) is 6.38. The Bertz CT molecular complexity index is 280. The molecule has 0 amide bonds. The highest BCUT2D eigenvalue weighted by molar-refractivity contribution is 5.85. The number of rotatable bonds is 1. The molecule has 13 heavy (non-hydrogen) atoms. The van der Waals surface area contributed by atoms with Gasteiger partial charge in [-0.2, -0.15) is 0 Å². The zero-order chi connectivity index (χ0) is 10.3. The van der Waals surface area contributed by atoms with Crippen molar-refractivity contribution in [1.29, 1.82) is 0 Å². The molecule has 0 aliphatic carbocycles. The Hall–Kier alpha value is -2.11. The van der Waals surface area contributed by atoms with E-state index in [0.717, 1.165) is 0 Å². The largest absolute Gasteiger partial charge is 0.545 e. The van der Waals surface area contributed by atoms with Crippen LogP contribution in [-0.2, 0) is 0 Å². The normalized spacial score (nSPS) is 8.00. The standard InChI is InChI=1S/C7H6O2.NO3/c8-7(9)6-4-2-1-3-5-6;2-1(3)4/h1-5H,(H,8,9);/q;-1/p-1. The number of nitrogens with zero attached hydrogens (tertiary/aromatic N) is 1. The molecule has 0 fully saturated rings. The van der Waals surface area contributed by atoms with Gasteiger partial charge >= 0.3 is 0 Å². The van der Waals surface area contributed by atoms with E-state index in [0.29, 0.717) is 0 Å². The van der Waals surface area contributed by atoms with E-state index in [-0.39, 0.29) is 5.56 Å². The van der Waals surface area contributed by atoms with Crippen LogP contribution in [0.1, 0.15) is 10.4 Å². The monoisotopic (exact) mass is 183 g/mol. The minimum atomic E-state index is -1.75. The van der Waals surface area contributed by atoms with Gasteiger partial charge in [-0.3, -0.25) is 0 Å². The predicted octanol–water partition coefficient (Wildman–Crippen LogP) is -0.189. The predicted molar refractivity (Wildman–Crippen MR) is 41.1 cm³/mol. The molecule has 0 bridgehead atoms. The summed E-state index contributed by atoms with van der Waals surface area (Å²) >= 11 is 0. The number of carbonyl (C=O) groups is 1. The molecule has 1 aromatic rings. The second-order valence-electron chi connectivity index (χ2n) is 1.88. The minimum absolute atomic E-state index is 0.220. The summed E-state index contributed by atoms with van der Waals surface area (Å²) in [6, 6.07) is 8.06. The molecule has 1 rings (SSSR count). The lowest BCUT2D eigenvalue weighted by Gasteiger charge is -1.97. The fourth-order valence-electron chi connectivity index (χ4n) is 0.574. The number of carboxylic acids is 1. The topological polar surface area (TPSA) is 106 Å². The van der Waals surface area contributed by atoms with E-state index >= 15 is 0 Å². The Labute approximate surface area is 73.2 Å². The van der Waals surface area contributed by atoms with Crippen LogP contribution in [0.4, 0.5) is 0 Å². The number of benzene rings is 1. The van der Waals surface area contributed by atoms with Crippen molar-refractivity contribution in [1.82, 2.24) is 0 Å². The summed E-state index contributed by atoms with van der Waals surface area (Å²) in [6.45, 7) is 0. The maximum atomic E-state index is 10.1. The van der Waals surface area contributed by atoms with Crippen LogP contribution >= 0.6 is 0 Å². The second kappa shape index (κ2) is 5.53. The third-order valence-corrected chi connectivity index (χ3v) is 1.01. The summed E-state index contributed by atoms with van der Waals surface area (Å²) in [4.78, 5) is 18.3. The number of aromatic carboxylic acids is 1. The first-order chi connectivity index (χ1) is 6.04. The molecule has 1 aromatic carbocycles. The van der Waals surface area contributed by atoms with E-state index < -0.39 is 11.1 Å². The van der Waals surface area contributed by atoms with Gasteiger partial charge in [0.1, 0.15) is 0 Å². The van der Waals surface area contributed by atoms with Crippen molar-refractivity contribution in [2.45, 2.75) is 0 Å². The maximum absolute atomic E-state index is 10.1. The van der Waals surface area contributed by atoms with Crippen molar-refractivity contribution in [2.75, 3.05) is 0 Å². The summed E-state index contributed by atoms with van der Waals surface area (Å²) in [6.07, 6.45) is 0. The van der Waals surface area contributed by atoms with Crippen LogP contribution in [0.25, 0.3) is 0 Å². The highest BCUT2D eigenvalue weighted by Gasteiger charge is 1.85. The van der Waals surface area contributed by atoms with E-state index in [1.165, 1.54) is 12.1 Å². The molecule has 0 saturated heterocycles. The van der Waals surface area contributed by atoms with Crippen molar-refractivity contribution >= 4 is 5.97 Å². The lowest BCUT2D eigenvalue weighted by atomic mass is 10.2. The molecule has 0 N–H and O–H groups in total. The van der Waals surface area contributed by atoms with Crippen molar-refractivity contribution in [2.24, 2.45) is 0 Å². The third kappa shape index (κ3) is 6.29. The highest BCUT2D eigenvalue weighted by atomic mass is 16.9. The molecule has 0 unspecified atom stereocenters. The lowest BCUT2D eigenvalue weighted by molar-refractivity contribution is -0.402. The van der Waals surface area contributed by atoms with E-state index in [2.05, 4.69) is 0 Å². The third-order valence-electron chi connectivity index (χ3n) is 1.01. The molecule has 0 radical (unpaired) electrons. The maximum Gasteiger partial charge on any atom is 0.0715 e. The number of hydrogen-bond acceptors (Lipinski definition) is 5. The van der Waals surface area contributed by atoms with Gasteiger partial charge in [0.05, 0.1) is 11.1 Å². The van der Waals surface area contributed by atoms with Crippen LogP contribution in [0.3, 0.4) is 0 Å². The van der Waals surface area contributed by atoms with Crippen molar-refractivity contribution in [3.8, 4) is 0 Å². The fraction of sp³-hybridized carbons (Fsp3) is 0. The Kier molecular flexibility index (Phi) is 4.63. The van der Waals surface area contributed by atoms with Crippen molar-refractivity contribution in [3.05, 3.63) is 51.2 Å². The zero-order valence-electron chi connectivity index (χ0n) is 6.38. The van der Waals surface area contributed by atoms with Crippen molar-refractivity contribution < 1.29 is 15.0 Å². The molecule has 70 valence electrons. The summed E-state index contributed by atoms with van der Waals surface area (Å²) < 4.78 is 0. The first-order valence-electron chi connectivity index (χ1n) is 3.12. The van der Waals surface area contributed by atoms with Gasteiger partial charge in [-0.1, -0.05) is 30.3 Å². The molecule has 0 atom stereocenters. The number of carboxylic acid groups (broad SMARTS) is 1. The van der Waals surface area contributed by atoms with E-state index in [9.17, 15) is 9.90 Å². The Balaban J connectivity index is 0.000000310. The molecule has 0 aliphatic heterocycles. The highest BCUT2D eigenvalue weighted by Crippen LogP contribution is 1.94. The fourth-order valence-corrected chi connectivity index (χ4v) is 0.574. The smallest absolute Gasteiger partial charge is 0.0715 e. The first-order valence-corrected chi connectivity index (χ1v) is 3.12. The summed E-state index contributed by atoms with van der Waals surface area (Å²) in [5.41, 5.74) is 0.220. The molecule has 6 heteroatoms. The van der Waals surface area contributed by atoms with E-state index in [4.69, 9.17) is 15.3 Å². The number of carbonyl (C=O) groups excluding carboxylic acids is 1. The van der Waals surface area contributed by atoms with Gasteiger partial charge in [-0.25, -0.2) is 0 Å². The molecule has 0 aromatic heterocycles. The summed E-state index contributed by atoms with van der Waals surface area (Å²) in [5.74, 6) is -1.13. The van der Waals surface area contributed by atoms with Crippen LogP contribution in [0, 0.1) is 15.3 Å². The molecule has 0 saturated carbocycles. The van der Waals surface area contributed by atoms with Gasteiger partial charge in [0.15, 0.2) is 0 Å². The van der Waals surface area contributed by atoms with Gasteiger partial charge < -0.3 is 25.2 Å². The Morgan fingerprint density at radius 2 is 1.54 bits per heavy atom. The van der Waals surface area contributed by atoms with E-state index in [1.807, 2.05) is 0 Å². The van der Waals surface area contributed by atoms with Crippen molar-refractivity contribution in [3.63, 3.8) is 0 Å². The van der Waals surface area contributed by atoms with E-state index in [1.54, 1.807) is 18.2 Å². The van der Waals surface area contributed by atoms with Gasteiger partial charge in [0.2, 0.25) is 0 Å². The molecule has 0 aliphatic rings. The van der Waals surface area contributed by atoms with Gasteiger partial charge in [-0.15, -0.1) is 0 Å². The Morgan fingerprint density at radius 3 is 1.77 bits per heavy atom. The molecular formula is C7H5NO5-2. The minimum Gasteiger partial charge on any atom is -0.545 e. The van der Waals surface area contributed by atoms with Crippen LogP contribution in [-0.4, -0.2) is 11.1 Å². The average molecular weight is 183 g/mol. The first kappa shape index (κ1) is 10.9.